The van der Waals surface area contributed by atoms with Crippen LogP contribution in [0.4, 0.5) is 0 Å². The molecule has 2 heterocycles. The van der Waals surface area contributed by atoms with Crippen LogP contribution >= 0.6 is 0 Å². The van der Waals surface area contributed by atoms with E-state index in [4.69, 9.17) is 0 Å². The zero-order valence-corrected chi connectivity index (χ0v) is 40.6. The summed E-state index contributed by atoms with van der Waals surface area (Å²) in [6.45, 7) is 19.5. The molecule has 0 atom stereocenters. The number of rotatable bonds is 18. The van der Waals surface area contributed by atoms with Gasteiger partial charge in [0.2, 0.25) is 0 Å². The summed E-state index contributed by atoms with van der Waals surface area (Å²) in [5.74, 6) is 0. The van der Waals surface area contributed by atoms with Gasteiger partial charge in [-0.1, -0.05) is 204 Å². The summed E-state index contributed by atoms with van der Waals surface area (Å²) in [6, 6.07) is 37.8. The molecule has 0 N–H and O–H groups in total. The van der Waals surface area contributed by atoms with Gasteiger partial charge in [0.15, 0.2) is 0 Å². The van der Waals surface area contributed by atoms with Crippen LogP contribution in [0.2, 0.25) is 26.2 Å². The van der Waals surface area contributed by atoms with Crippen molar-refractivity contribution in [2.75, 3.05) is 0 Å². The minimum atomic E-state index is -2.00. The number of hydrogen-bond donors (Lipinski definition) is 0. The first-order valence-corrected chi connectivity index (χ1v) is 28.8. The Morgan fingerprint density at radius 2 is 0.831 bits per heavy atom. The Bertz CT molecular complexity index is 2030. The van der Waals surface area contributed by atoms with Crippen LogP contribution in [0.3, 0.4) is 0 Å². The first kappa shape index (κ1) is 47.5. The third-order valence-electron chi connectivity index (χ3n) is 13.3. The van der Waals surface area contributed by atoms with E-state index in [1.165, 1.54) is 109 Å². The zero-order valence-electron chi connectivity index (χ0n) is 38.6. The van der Waals surface area contributed by atoms with Crippen molar-refractivity contribution in [3.63, 3.8) is 0 Å². The van der Waals surface area contributed by atoms with Crippen LogP contribution in [0.25, 0.3) is 32.7 Å². The van der Waals surface area contributed by atoms with Crippen molar-refractivity contribution in [2.24, 2.45) is 0 Å². The summed E-state index contributed by atoms with van der Waals surface area (Å²) in [5, 5.41) is 3.24. The standard InChI is InChI=1S/C55H68Si2.2Li/c1-9-13-15-23-35-55(36-24-16-14-10-2)51-37-43(53-47(25-11-3)49(39-56(53,5)6)41-27-19-17-20-28-41)31-33-45(51)46-34-32-44(38-52(46)55)54-48(26-12-4)50(40-57(54,7)8)42-29-21-18-22-30-42;;/h17-22,27-34,37-38H,9-16,23-26,35-36H2,1-8H3;;/q-2;2*+1. The Labute approximate surface area is 385 Å². The molecule has 0 saturated heterocycles. The van der Waals surface area contributed by atoms with Gasteiger partial charge in [-0.05, 0) is 46.2 Å². The van der Waals surface area contributed by atoms with E-state index in [0.29, 0.717) is 0 Å². The van der Waals surface area contributed by atoms with E-state index in [9.17, 15) is 0 Å². The van der Waals surface area contributed by atoms with Gasteiger partial charge in [-0.3, -0.25) is 0 Å². The first-order valence-electron chi connectivity index (χ1n) is 22.8. The Morgan fingerprint density at radius 3 is 1.19 bits per heavy atom. The van der Waals surface area contributed by atoms with Gasteiger partial charge in [0.1, 0.15) is 0 Å². The van der Waals surface area contributed by atoms with E-state index in [1.54, 1.807) is 32.7 Å². The average molecular weight is 799 g/mol. The van der Waals surface area contributed by atoms with Crippen LogP contribution in [-0.4, -0.2) is 16.1 Å². The maximum Gasteiger partial charge on any atom is 1.00 e. The summed E-state index contributed by atoms with van der Waals surface area (Å²) in [7, 11) is -4.00. The monoisotopic (exact) mass is 799 g/mol. The van der Waals surface area contributed by atoms with Crippen molar-refractivity contribution >= 4 is 37.7 Å². The summed E-state index contributed by atoms with van der Waals surface area (Å²) in [6.07, 6.45) is 17.3. The molecule has 4 aromatic carbocycles. The van der Waals surface area contributed by atoms with Crippen molar-refractivity contribution < 1.29 is 37.7 Å². The first-order chi connectivity index (χ1) is 27.6. The molecule has 59 heavy (non-hydrogen) atoms. The molecular formula is C55H68Li2Si2. The van der Waals surface area contributed by atoms with E-state index in [0.717, 1.165) is 25.7 Å². The predicted octanol–water partition coefficient (Wildman–Crippen LogP) is 10.4. The second-order valence-electron chi connectivity index (χ2n) is 18.4. The second-order valence-corrected chi connectivity index (χ2v) is 26.4. The Kier molecular flexibility index (Phi) is 16.6. The summed E-state index contributed by atoms with van der Waals surface area (Å²) in [5.41, 5.74) is 26.0. The van der Waals surface area contributed by atoms with Gasteiger partial charge >= 0.3 is 37.7 Å². The van der Waals surface area contributed by atoms with E-state index >= 15 is 0 Å². The topological polar surface area (TPSA) is 0 Å². The zero-order chi connectivity index (χ0) is 40.2. The SMILES string of the molecule is CCCCCCC1(CCCCCC)c2cc(C3=C(CCC)C(c4ccccc4)=[C-][Si]3(C)C)ccc2-c2ccc(C3=C(CCC)C(c4ccccc4)=[C-][Si]3(C)C)cc21.[Li+].[Li+]. The van der Waals surface area contributed by atoms with Crippen molar-refractivity contribution in [1.29, 1.82) is 0 Å². The third kappa shape index (κ3) is 9.46. The minimum absolute atomic E-state index is 0. The molecule has 0 aromatic heterocycles. The van der Waals surface area contributed by atoms with Gasteiger partial charge in [-0.25, -0.2) is 11.4 Å². The molecule has 0 unspecified atom stereocenters. The van der Waals surface area contributed by atoms with Gasteiger partial charge in [0.05, 0.1) is 0 Å². The molecule has 0 amide bonds. The fraction of sp³-hybridized carbons (Fsp3) is 0.418. The number of allylic oxidation sites excluding steroid dienone is 4. The molecule has 0 saturated carbocycles. The van der Waals surface area contributed by atoms with Crippen molar-refractivity contribution in [2.45, 2.75) is 149 Å². The van der Waals surface area contributed by atoms with Crippen LogP contribution in [0.1, 0.15) is 151 Å². The average Bonchev–Trinajstić information content (AvgIpc) is 3.75. The van der Waals surface area contributed by atoms with E-state index in [2.05, 4.69) is 162 Å². The molecule has 0 bridgehead atoms. The van der Waals surface area contributed by atoms with Crippen LogP contribution in [-0.2, 0) is 5.41 Å². The molecule has 0 radical (unpaired) electrons. The quantitative estimate of drug-likeness (QED) is 0.0534. The largest absolute Gasteiger partial charge is 1.00 e. The van der Waals surface area contributed by atoms with Crippen LogP contribution in [0.15, 0.2) is 108 Å². The van der Waals surface area contributed by atoms with Crippen LogP contribution < -0.4 is 37.7 Å². The van der Waals surface area contributed by atoms with Crippen molar-refractivity contribution in [1.82, 2.24) is 0 Å². The summed E-state index contributed by atoms with van der Waals surface area (Å²) < 4.78 is 0. The smallest absolute Gasteiger partial charge is 0.202 e. The molecule has 1 aliphatic carbocycles. The molecule has 298 valence electrons. The van der Waals surface area contributed by atoms with Gasteiger partial charge in [0, 0.05) is 21.6 Å². The maximum atomic E-state index is 4.18. The third-order valence-corrected chi connectivity index (χ3v) is 18.7. The molecule has 7 rings (SSSR count). The normalized spacial score (nSPS) is 16.9. The van der Waals surface area contributed by atoms with E-state index < -0.39 is 16.1 Å². The molecule has 3 aliphatic rings. The van der Waals surface area contributed by atoms with E-state index in [-0.39, 0.29) is 43.1 Å². The Balaban J connectivity index is 0.00000331. The number of hydrogen-bond acceptors (Lipinski definition) is 0. The molecule has 0 spiro atoms. The Morgan fingerprint density at radius 1 is 0.441 bits per heavy atom. The fourth-order valence-corrected chi connectivity index (χ4v) is 16.7. The Hall–Kier alpha value is -2.53. The van der Waals surface area contributed by atoms with Gasteiger partial charge in [-0.15, -0.1) is 56.9 Å². The van der Waals surface area contributed by atoms with Crippen molar-refractivity contribution in [3.05, 3.63) is 153 Å². The number of benzene rings is 4. The minimum Gasteiger partial charge on any atom is -0.202 e. The van der Waals surface area contributed by atoms with Crippen molar-refractivity contribution in [3.8, 4) is 11.1 Å². The van der Waals surface area contributed by atoms with Gasteiger partial charge in [0.25, 0.3) is 0 Å². The molecular weight excluding hydrogens is 731 g/mol. The maximum absolute atomic E-state index is 4.18. The number of fused-ring (bicyclic) bond motifs is 3. The fourth-order valence-electron chi connectivity index (χ4n) is 10.9. The second kappa shape index (κ2) is 20.6. The summed E-state index contributed by atoms with van der Waals surface area (Å²) in [4.78, 5) is 0. The van der Waals surface area contributed by atoms with E-state index in [1.807, 2.05) is 0 Å². The van der Waals surface area contributed by atoms with Gasteiger partial charge in [-0.2, -0.15) is 11.1 Å². The molecule has 2 aliphatic heterocycles. The molecule has 4 aromatic rings. The number of unbranched alkanes of at least 4 members (excludes halogenated alkanes) is 6. The van der Waals surface area contributed by atoms with Crippen LogP contribution in [0, 0.1) is 11.4 Å². The molecule has 0 fully saturated rings. The molecule has 4 heteroatoms. The van der Waals surface area contributed by atoms with Crippen LogP contribution in [0.5, 0.6) is 0 Å². The van der Waals surface area contributed by atoms with Gasteiger partial charge < -0.3 is 0 Å². The summed E-state index contributed by atoms with van der Waals surface area (Å²) >= 11 is 0. The molecule has 0 nitrogen and oxygen atoms in total. The predicted molar refractivity (Wildman–Crippen MR) is 255 cm³/mol.